The Morgan fingerprint density at radius 1 is 1.20 bits per heavy atom. The maximum absolute atomic E-state index is 6.10. The lowest BCUT2D eigenvalue weighted by atomic mass is 10.2. The van der Waals surface area contributed by atoms with Crippen molar-refractivity contribution in [3.8, 4) is 17.1 Å². The molecule has 3 nitrogen and oxygen atoms in total. The molecule has 4 heteroatoms. The average molecular weight is 289 g/mol. The number of ether oxygens (including phenoxy) is 1. The van der Waals surface area contributed by atoms with Crippen molar-refractivity contribution in [2.45, 2.75) is 32.1 Å². The Kier molecular flexibility index (Phi) is 3.88. The number of hydrogen-bond donors (Lipinski definition) is 0. The van der Waals surface area contributed by atoms with Crippen LogP contribution in [0.4, 0.5) is 0 Å². The Bertz CT molecular complexity index is 594. The first-order valence-electron chi connectivity index (χ1n) is 7.04. The molecule has 0 unspecified atom stereocenters. The molecule has 20 heavy (non-hydrogen) atoms. The van der Waals surface area contributed by atoms with E-state index >= 15 is 0 Å². The lowest BCUT2D eigenvalue weighted by Crippen LogP contribution is -1.96. The number of nitrogens with zero attached hydrogens (tertiary/aromatic N) is 2. The van der Waals surface area contributed by atoms with E-state index in [4.69, 9.17) is 16.3 Å². The Labute approximate surface area is 124 Å². The van der Waals surface area contributed by atoms with E-state index in [1.165, 1.54) is 12.8 Å². The van der Waals surface area contributed by atoms with Gasteiger partial charge in [0.1, 0.15) is 10.9 Å². The van der Waals surface area contributed by atoms with Gasteiger partial charge < -0.3 is 4.74 Å². The lowest BCUT2D eigenvalue weighted by molar-refractivity contribution is 0.317. The highest BCUT2D eigenvalue weighted by atomic mass is 35.5. The summed E-state index contributed by atoms with van der Waals surface area (Å²) in [7, 11) is 0. The first kappa shape index (κ1) is 13.4. The van der Waals surface area contributed by atoms with Gasteiger partial charge in [-0.3, -0.25) is 0 Å². The van der Waals surface area contributed by atoms with Crippen LogP contribution in [0.2, 0.25) is 5.15 Å². The topological polar surface area (TPSA) is 35.0 Å². The highest BCUT2D eigenvalue weighted by Gasteiger charge is 2.26. The molecule has 1 saturated carbocycles. The summed E-state index contributed by atoms with van der Waals surface area (Å²) in [6.45, 7) is 2.83. The Hall–Kier alpha value is -1.61. The minimum Gasteiger partial charge on any atom is -0.494 e. The molecule has 1 fully saturated rings. The fraction of sp³-hybridized carbons (Fsp3) is 0.375. The van der Waals surface area contributed by atoms with Gasteiger partial charge in [0, 0.05) is 17.2 Å². The minimum atomic E-state index is 0.517. The zero-order chi connectivity index (χ0) is 13.9. The van der Waals surface area contributed by atoms with Crippen molar-refractivity contribution in [1.29, 1.82) is 0 Å². The van der Waals surface area contributed by atoms with Crippen LogP contribution >= 0.6 is 11.6 Å². The largest absolute Gasteiger partial charge is 0.494 e. The minimum absolute atomic E-state index is 0.517. The van der Waals surface area contributed by atoms with Crippen LogP contribution in [0.15, 0.2) is 30.3 Å². The second-order valence-electron chi connectivity index (χ2n) is 5.09. The van der Waals surface area contributed by atoms with Crippen LogP contribution in [0, 0.1) is 0 Å². The summed E-state index contributed by atoms with van der Waals surface area (Å²) in [5, 5.41) is 0.517. The van der Waals surface area contributed by atoms with E-state index in [0.717, 1.165) is 30.0 Å². The van der Waals surface area contributed by atoms with E-state index in [1.54, 1.807) is 0 Å². The molecule has 0 aliphatic heterocycles. The molecule has 1 aromatic heterocycles. The standard InChI is InChI=1S/C16H17ClN2O/c1-2-9-20-13-7-5-12(6-8-13)16-18-14(11-3-4-11)10-15(17)19-16/h5-8,10-11H,2-4,9H2,1H3. The number of rotatable bonds is 5. The predicted molar refractivity (Wildman–Crippen MR) is 80.2 cm³/mol. The summed E-state index contributed by atoms with van der Waals surface area (Å²) < 4.78 is 5.57. The van der Waals surface area contributed by atoms with Gasteiger partial charge in [-0.2, -0.15) is 0 Å². The first-order valence-corrected chi connectivity index (χ1v) is 7.42. The van der Waals surface area contributed by atoms with Gasteiger partial charge in [0.25, 0.3) is 0 Å². The smallest absolute Gasteiger partial charge is 0.161 e. The second-order valence-corrected chi connectivity index (χ2v) is 5.47. The Balaban J connectivity index is 1.84. The summed E-state index contributed by atoms with van der Waals surface area (Å²) in [5.74, 6) is 2.14. The number of benzene rings is 1. The van der Waals surface area contributed by atoms with Crippen LogP contribution < -0.4 is 4.74 Å². The van der Waals surface area contributed by atoms with Crippen molar-refractivity contribution in [3.05, 3.63) is 41.2 Å². The second kappa shape index (κ2) is 5.80. The zero-order valence-corrected chi connectivity index (χ0v) is 12.2. The normalized spacial score (nSPS) is 14.3. The molecule has 0 bridgehead atoms. The SMILES string of the molecule is CCCOc1ccc(-c2nc(Cl)cc(C3CC3)n2)cc1. The van der Waals surface area contributed by atoms with E-state index in [2.05, 4.69) is 16.9 Å². The monoisotopic (exact) mass is 288 g/mol. The van der Waals surface area contributed by atoms with Crippen LogP contribution in [0.5, 0.6) is 5.75 Å². The molecule has 0 amide bonds. The molecule has 2 aromatic rings. The predicted octanol–water partition coefficient (Wildman–Crippen LogP) is 4.46. The summed E-state index contributed by atoms with van der Waals surface area (Å²) >= 11 is 6.10. The maximum atomic E-state index is 6.10. The van der Waals surface area contributed by atoms with Crippen molar-refractivity contribution in [2.24, 2.45) is 0 Å². The van der Waals surface area contributed by atoms with Crippen LogP contribution in [0.3, 0.4) is 0 Å². The van der Waals surface area contributed by atoms with Gasteiger partial charge in [-0.15, -0.1) is 0 Å². The van der Waals surface area contributed by atoms with Gasteiger partial charge in [0.2, 0.25) is 0 Å². The molecule has 0 N–H and O–H groups in total. The summed E-state index contributed by atoms with van der Waals surface area (Å²) in [6, 6.07) is 9.74. The molecule has 1 heterocycles. The molecule has 1 aliphatic rings. The van der Waals surface area contributed by atoms with E-state index in [9.17, 15) is 0 Å². The molecular weight excluding hydrogens is 272 g/mol. The van der Waals surface area contributed by atoms with Crippen molar-refractivity contribution >= 4 is 11.6 Å². The molecule has 1 aromatic carbocycles. The van der Waals surface area contributed by atoms with Gasteiger partial charge >= 0.3 is 0 Å². The lowest BCUT2D eigenvalue weighted by Gasteiger charge is -2.07. The van der Waals surface area contributed by atoms with Gasteiger partial charge in [-0.05, 0) is 49.6 Å². The van der Waals surface area contributed by atoms with E-state index in [1.807, 2.05) is 30.3 Å². The van der Waals surface area contributed by atoms with Gasteiger partial charge in [0.05, 0.1) is 6.61 Å². The molecular formula is C16H17ClN2O. The van der Waals surface area contributed by atoms with Crippen molar-refractivity contribution in [1.82, 2.24) is 9.97 Å². The Morgan fingerprint density at radius 3 is 2.60 bits per heavy atom. The van der Waals surface area contributed by atoms with Crippen LogP contribution in [-0.4, -0.2) is 16.6 Å². The molecule has 0 radical (unpaired) electrons. The molecule has 104 valence electrons. The quantitative estimate of drug-likeness (QED) is 0.762. The third-order valence-electron chi connectivity index (χ3n) is 3.30. The average Bonchev–Trinajstić information content (AvgIpc) is 3.29. The van der Waals surface area contributed by atoms with E-state index in [-0.39, 0.29) is 0 Å². The number of halogens is 1. The maximum Gasteiger partial charge on any atom is 0.161 e. The van der Waals surface area contributed by atoms with Crippen LogP contribution in [0.1, 0.15) is 37.8 Å². The van der Waals surface area contributed by atoms with Crippen LogP contribution in [-0.2, 0) is 0 Å². The van der Waals surface area contributed by atoms with Gasteiger partial charge in [0.15, 0.2) is 5.82 Å². The van der Waals surface area contributed by atoms with Gasteiger partial charge in [-0.1, -0.05) is 18.5 Å². The van der Waals surface area contributed by atoms with Gasteiger partial charge in [-0.25, -0.2) is 9.97 Å². The zero-order valence-electron chi connectivity index (χ0n) is 11.5. The number of aromatic nitrogens is 2. The third kappa shape index (κ3) is 3.10. The number of hydrogen-bond acceptors (Lipinski definition) is 3. The third-order valence-corrected chi connectivity index (χ3v) is 3.49. The summed E-state index contributed by atoms with van der Waals surface area (Å²) in [4.78, 5) is 8.94. The molecule has 1 aliphatic carbocycles. The van der Waals surface area contributed by atoms with Crippen molar-refractivity contribution < 1.29 is 4.74 Å². The summed E-state index contributed by atoms with van der Waals surface area (Å²) in [6.07, 6.45) is 3.41. The highest BCUT2D eigenvalue weighted by molar-refractivity contribution is 6.29. The van der Waals surface area contributed by atoms with E-state index < -0.39 is 0 Å². The molecule has 0 spiro atoms. The summed E-state index contributed by atoms with van der Waals surface area (Å²) in [5.41, 5.74) is 2.03. The fourth-order valence-electron chi connectivity index (χ4n) is 2.07. The molecule has 0 atom stereocenters. The van der Waals surface area contributed by atoms with Crippen molar-refractivity contribution in [2.75, 3.05) is 6.61 Å². The molecule has 3 rings (SSSR count). The fourth-order valence-corrected chi connectivity index (χ4v) is 2.26. The molecule has 0 saturated heterocycles. The Morgan fingerprint density at radius 2 is 1.95 bits per heavy atom. The highest BCUT2D eigenvalue weighted by Crippen LogP contribution is 2.40. The first-order chi connectivity index (χ1) is 9.76. The van der Waals surface area contributed by atoms with Crippen LogP contribution in [0.25, 0.3) is 11.4 Å². The van der Waals surface area contributed by atoms with E-state index in [0.29, 0.717) is 16.9 Å². The van der Waals surface area contributed by atoms with Crippen molar-refractivity contribution in [3.63, 3.8) is 0 Å².